The molecule has 1 heterocycles. The number of aliphatic hydroxyl groups is 2. The Kier molecular flexibility index (Phi) is 5.37. The Balaban J connectivity index is 2.94. The first-order valence-electron chi connectivity index (χ1n) is 6.50. The van der Waals surface area contributed by atoms with Crippen molar-refractivity contribution in [2.75, 3.05) is 0 Å². The summed E-state index contributed by atoms with van der Waals surface area (Å²) in [4.78, 5) is 0. The standard InChI is InChI=1S/C13H23BrN2O2/c1-5-9-12(14)10(16(4)15-9)8-11(17)13(18,6-2)7-3/h11,17-18H,5-8H2,1-4H3. The number of rotatable bonds is 6. The number of halogens is 1. The van der Waals surface area contributed by atoms with Gasteiger partial charge in [0.05, 0.1) is 27.6 Å². The van der Waals surface area contributed by atoms with Crippen molar-refractivity contribution in [3.63, 3.8) is 0 Å². The Morgan fingerprint density at radius 2 is 1.89 bits per heavy atom. The first kappa shape index (κ1) is 15.7. The van der Waals surface area contributed by atoms with Gasteiger partial charge in [-0.15, -0.1) is 0 Å². The van der Waals surface area contributed by atoms with Gasteiger partial charge in [0.25, 0.3) is 0 Å². The zero-order valence-electron chi connectivity index (χ0n) is 11.6. The van der Waals surface area contributed by atoms with Gasteiger partial charge in [-0.1, -0.05) is 20.8 Å². The van der Waals surface area contributed by atoms with E-state index in [9.17, 15) is 10.2 Å². The van der Waals surface area contributed by atoms with Gasteiger partial charge in [0.1, 0.15) is 0 Å². The number of aliphatic hydroxyl groups excluding tert-OH is 1. The monoisotopic (exact) mass is 318 g/mol. The van der Waals surface area contributed by atoms with E-state index >= 15 is 0 Å². The van der Waals surface area contributed by atoms with Crippen LogP contribution in [0.2, 0.25) is 0 Å². The van der Waals surface area contributed by atoms with Crippen LogP contribution in [0.5, 0.6) is 0 Å². The van der Waals surface area contributed by atoms with Crippen LogP contribution in [0.4, 0.5) is 0 Å². The summed E-state index contributed by atoms with van der Waals surface area (Å²) in [5, 5.41) is 24.9. The van der Waals surface area contributed by atoms with Crippen molar-refractivity contribution in [2.24, 2.45) is 7.05 Å². The lowest BCUT2D eigenvalue weighted by atomic mass is 9.88. The summed E-state index contributed by atoms with van der Waals surface area (Å²) in [7, 11) is 1.86. The molecule has 0 aliphatic heterocycles. The lowest BCUT2D eigenvalue weighted by Gasteiger charge is -2.31. The predicted octanol–water partition coefficient (Wildman–Crippen LogP) is 2.20. The Hall–Kier alpha value is -0.390. The number of aromatic nitrogens is 2. The number of aryl methyl sites for hydroxylation is 2. The van der Waals surface area contributed by atoms with E-state index in [0.717, 1.165) is 22.3 Å². The molecule has 4 nitrogen and oxygen atoms in total. The van der Waals surface area contributed by atoms with E-state index < -0.39 is 11.7 Å². The Labute approximate surface area is 117 Å². The summed E-state index contributed by atoms with van der Waals surface area (Å²) in [5.74, 6) is 0. The molecule has 2 N–H and O–H groups in total. The van der Waals surface area contributed by atoms with Gasteiger partial charge in [-0.2, -0.15) is 5.10 Å². The second-order valence-corrected chi connectivity index (χ2v) is 5.51. The molecule has 0 saturated heterocycles. The average Bonchev–Trinajstić information content (AvgIpc) is 2.64. The van der Waals surface area contributed by atoms with Crippen molar-refractivity contribution >= 4 is 15.9 Å². The highest BCUT2D eigenvalue weighted by atomic mass is 79.9. The maximum Gasteiger partial charge on any atom is 0.0904 e. The molecule has 1 rings (SSSR count). The van der Waals surface area contributed by atoms with Crippen LogP contribution < -0.4 is 0 Å². The first-order valence-corrected chi connectivity index (χ1v) is 7.29. The third-order valence-corrected chi connectivity index (χ3v) is 4.65. The molecule has 18 heavy (non-hydrogen) atoms. The zero-order valence-corrected chi connectivity index (χ0v) is 13.2. The molecular formula is C13H23BrN2O2. The van der Waals surface area contributed by atoms with Crippen molar-refractivity contribution in [1.82, 2.24) is 9.78 Å². The summed E-state index contributed by atoms with van der Waals surface area (Å²) >= 11 is 3.53. The average molecular weight is 319 g/mol. The summed E-state index contributed by atoms with van der Waals surface area (Å²) in [6, 6.07) is 0. The van der Waals surface area contributed by atoms with Gasteiger partial charge in [0, 0.05) is 13.5 Å². The maximum absolute atomic E-state index is 10.3. The van der Waals surface area contributed by atoms with E-state index in [4.69, 9.17) is 0 Å². The number of nitrogens with zero attached hydrogens (tertiary/aromatic N) is 2. The van der Waals surface area contributed by atoms with Crippen molar-refractivity contribution < 1.29 is 10.2 Å². The second-order valence-electron chi connectivity index (χ2n) is 4.72. The molecule has 0 fully saturated rings. The molecule has 1 atom stereocenters. The van der Waals surface area contributed by atoms with Crippen molar-refractivity contribution in [1.29, 1.82) is 0 Å². The minimum atomic E-state index is -1.02. The topological polar surface area (TPSA) is 58.3 Å². The molecule has 0 aliphatic carbocycles. The van der Waals surface area contributed by atoms with Crippen LogP contribution in [0, 0.1) is 0 Å². The second kappa shape index (κ2) is 6.17. The van der Waals surface area contributed by atoms with Gasteiger partial charge in [-0.3, -0.25) is 4.68 Å². The molecule has 0 spiro atoms. The Morgan fingerprint density at radius 1 is 1.33 bits per heavy atom. The minimum Gasteiger partial charge on any atom is -0.390 e. The third kappa shape index (κ3) is 2.95. The van der Waals surface area contributed by atoms with Crippen LogP contribution in [0.15, 0.2) is 4.47 Å². The Morgan fingerprint density at radius 3 is 2.28 bits per heavy atom. The fourth-order valence-corrected chi connectivity index (χ4v) is 2.91. The van der Waals surface area contributed by atoms with Crippen LogP contribution in [-0.4, -0.2) is 31.7 Å². The van der Waals surface area contributed by atoms with Crippen molar-refractivity contribution in [3.8, 4) is 0 Å². The Bertz CT molecular complexity index is 400. The largest absolute Gasteiger partial charge is 0.390 e. The molecule has 5 heteroatoms. The number of hydrogen-bond donors (Lipinski definition) is 2. The van der Waals surface area contributed by atoms with E-state index in [2.05, 4.69) is 21.0 Å². The molecule has 1 aromatic rings. The fourth-order valence-electron chi connectivity index (χ4n) is 2.14. The van der Waals surface area contributed by atoms with Crippen LogP contribution in [-0.2, 0) is 19.9 Å². The van der Waals surface area contributed by atoms with E-state index in [0.29, 0.717) is 19.3 Å². The SMILES string of the molecule is CCc1nn(C)c(CC(O)C(O)(CC)CC)c1Br. The van der Waals surface area contributed by atoms with Gasteiger partial charge in [-0.05, 0) is 35.2 Å². The first-order chi connectivity index (χ1) is 8.39. The molecule has 104 valence electrons. The quantitative estimate of drug-likeness (QED) is 0.845. The number of hydrogen-bond acceptors (Lipinski definition) is 3. The van der Waals surface area contributed by atoms with Crippen LogP contribution in [0.1, 0.15) is 45.0 Å². The predicted molar refractivity (Wildman–Crippen MR) is 75.5 cm³/mol. The summed E-state index contributed by atoms with van der Waals surface area (Å²) in [6.07, 6.45) is 1.56. The summed E-state index contributed by atoms with van der Waals surface area (Å²) in [6.45, 7) is 5.83. The minimum absolute atomic E-state index is 0.405. The highest BCUT2D eigenvalue weighted by Crippen LogP contribution is 2.27. The maximum atomic E-state index is 10.3. The molecule has 0 bridgehead atoms. The van der Waals surface area contributed by atoms with E-state index in [-0.39, 0.29) is 0 Å². The van der Waals surface area contributed by atoms with Crippen LogP contribution in [0.25, 0.3) is 0 Å². The molecule has 0 aliphatic rings. The molecular weight excluding hydrogens is 296 g/mol. The van der Waals surface area contributed by atoms with Gasteiger partial charge < -0.3 is 10.2 Å². The molecule has 0 radical (unpaired) electrons. The molecule has 1 unspecified atom stereocenters. The lowest BCUT2D eigenvalue weighted by molar-refractivity contribution is -0.0797. The van der Waals surface area contributed by atoms with Crippen molar-refractivity contribution in [3.05, 3.63) is 15.9 Å². The van der Waals surface area contributed by atoms with Gasteiger partial charge in [0.15, 0.2) is 0 Å². The van der Waals surface area contributed by atoms with Gasteiger partial charge >= 0.3 is 0 Å². The smallest absolute Gasteiger partial charge is 0.0904 e. The summed E-state index contributed by atoms with van der Waals surface area (Å²) in [5.41, 5.74) is 0.895. The fraction of sp³-hybridized carbons (Fsp3) is 0.769. The van der Waals surface area contributed by atoms with Gasteiger partial charge in [0.2, 0.25) is 0 Å². The molecule has 0 aromatic carbocycles. The normalized spacial score (nSPS) is 13.9. The highest BCUT2D eigenvalue weighted by molar-refractivity contribution is 9.10. The zero-order chi connectivity index (χ0) is 13.9. The van der Waals surface area contributed by atoms with Crippen LogP contribution in [0.3, 0.4) is 0 Å². The van der Waals surface area contributed by atoms with E-state index in [1.54, 1.807) is 4.68 Å². The highest BCUT2D eigenvalue weighted by Gasteiger charge is 2.33. The van der Waals surface area contributed by atoms with E-state index in [1.165, 1.54) is 0 Å². The molecule has 0 amide bonds. The van der Waals surface area contributed by atoms with Crippen LogP contribution >= 0.6 is 15.9 Å². The van der Waals surface area contributed by atoms with E-state index in [1.807, 2.05) is 27.8 Å². The summed E-state index contributed by atoms with van der Waals surface area (Å²) < 4.78 is 2.72. The third-order valence-electron chi connectivity index (χ3n) is 3.73. The lowest BCUT2D eigenvalue weighted by Crippen LogP contribution is -2.42. The molecule has 0 saturated carbocycles. The molecule has 1 aromatic heterocycles. The van der Waals surface area contributed by atoms with Crippen molar-refractivity contribution in [2.45, 2.75) is 58.2 Å². The van der Waals surface area contributed by atoms with Gasteiger partial charge in [-0.25, -0.2) is 0 Å².